The Kier molecular flexibility index (Phi) is 4.78. The van der Waals surface area contributed by atoms with E-state index in [0.717, 1.165) is 15.6 Å². The highest BCUT2D eigenvalue weighted by Crippen LogP contribution is 2.36. The van der Waals surface area contributed by atoms with E-state index in [1.54, 1.807) is 19.1 Å². The lowest BCUT2D eigenvalue weighted by atomic mass is 9.88. The molecule has 1 aliphatic rings. The number of nitrogens with two attached hydrogens (primary N) is 1. The van der Waals surface area contributed by atoms with Crippen molar-refractivity contribution in [3.63, 3.8) is 0 Å². The molecule has 5 nitrogen and oxygen atoms in total. The molecule has 2 atom stereocenters. The number of benzene rings is 2. The lowest BCUT2D eigenvalue weighted by molar-refractivity contribution is -0.150. The van der Waals surface area contributed by atoms with Gasteiger partial charge in [-0.15, -0.1) is 0 Å². The number of likely N-dealkylation sites (tertiary alicyclic amines) is 1. The van der Waals surface area contributed by atoms with Crippen molar-refractivity contribution >= 4 is 21.8 Å². The van der Waals surface area contributed by atoms with Crippen LogP contribution in [-0.4, -0.2) is 31.1 Å². The summed E-state index contributed by atoms with van der Waals surface area (Å²) < 4.78 is 11.6. The van der Waals surface area contributed by atoms with Gasteiger partial charge in [-0.3, -0.25) is 4.79 Å². The van der Waals surface area contributed by atoms with Crippen molar-refractivity contribution < 1.29 is 14.3 Å². The maximum Gasteiger partial charge on any atom is 0.242 e. The molecule has 1 fully saturated rings. The van der Waals surface area contributed by atoms with Gasteiger partial charge in [-0.25, -0.2) is 0 Å². The van der Waals surface area contributed by atoms with E-state index in [2.05, 4.69) is 15.9 Å². The summed E-state index contributed by atoms with van der Waals surface area (Å²) in [6.45, 7) is 0.480. The van der Waals surface area contributed by atoms with Crippen molar-refractivity contribution in [2.45, 2.75) is 18.6 Å². The number of halogens is 1. The van der Waals surface area contributed by atoms with E-state index in [1.165, 1.54) is 0 Å². The van der Waals surface area contributed by atoms with Gasteiger partial charge in [-0.1, -0.05) is 34.1 Å². The number of rotatable bonds is 5. The molecule has 0 spiro atoms. The van der Waals surface area contributed by atoms with Gasteiger partial charge in [0.15, 0.2) is 11.5 Å². The van der Waals surface area contributed by atoms with E-state index in [0.29, 0.717) is 18.0 Å². The second-order valence-corrected chi connectivity index (χ2v) is 6.59. The third-order valence-electron chi connectivity index (χ3n) is 4.26. The van der Waals surface area contributed by atoms with Crippen LogP contribution in [0.3, 0.4) is 0 Å². The second-order valence-electron chi connectivity index (χ2n) is 5.68. The van der Waals surface area contributed by atoms with E-state index in [9.17, 15) is 4.79 Å². The standard InChI is InChI=1S/C18H19BrN2O3/c1-23-14-8-3-11(9-15(14)24-2)10-21-17(16(20)18(21)22)12-4-6-13(19)7-5-12/h3-9,16-17H,10,20H2,1-2H3/t16-,17-/m0/s1. The molecule has 2 N–H and O–H groups in total. The molecule has 24 heavy (non-hydrogen) atoms. The number of β-lactam (4-membered cyclic amide) rings is 1. The van der Waals surface area contributed by atoms with Crippen LogP contribution in [0.1, 0.15) is 17.2 Å². The van der Waals surface area contributed by atoms with E-state index in [-0.39, 0.29) is 11.9 Å². The van der Waals surface area contributed by atoms with E-state index >= 15 is 0 Å². The molecule has 0 radical (unpaired) electrons. The van der Waals surface area contributed by atoms with Crippen molar-refractivity contribution in [1.82, 2.24) is 4.90 Å². The minimum Gasteiger partial charge on any atom is -0.493 e. The van der Waals surface area contributed by atoms with Gasteiger partial charge in [0, 0.05) is 11.0 Å². The van der Waals surface area contributed by atoms with Gasteiger partial charge in [-0.2, -0.15) is 0 Å². The van der Waals surface area contributed by atoms with Crippen LogP contribution in [0.4, 0.5) is 0 Å². The molecule has 2 aromatic rings. The quantitative estimate of drug-likeness (QED) is 0.797. The van der Waals surface area contributed by atoms with Crippen molar-refractivity contribution in [2.75, 3.05) is 14.2 Å². The molecule has 0 aromatic heterocycles. The van der Waals surface area contributed by atoms with Crippen LogP contribution >= 0.6 is 15.9 Å². The first-order valence-corrected chi connectivity index (χ1v) is 8.37. The Hall–Kier alpha value is -2.05. The summed E-state index contributed by atoms with van der Waals surface area (Å²) in [6, 6.07) is 12.9. The third-order valence-corrected chi connectivity index (χ3v) is 4.79. The highest BCUT2D eigenvalue weighted by atomic mass is 79.9. The summed E-state index contributed by atoms with van der Waals surface area (Å²) in [5, 5.41) is 0. The Balaban J connectivity index is 1.83. The molecule has 0 bridgehead atoms. The van der Waals surface area contributed by atoms with Crippen LogP contribution in [-0.2, 0) is 11.3 Å². The van der Waals surface area contributed by atoms with Crippen molar-refractivity contribution in [2.24, 2.45) is 5.73 Å². The first-order valence-electron chi connectivity index (χ1n) is 7.57. The van der Waals surface area contributed by atoms with Crippen LogP contribution in [0.5, 0.6) is 11.5 Å². The molecule has 1 saturated heterocycles. The minimum absolute atomic E-state index is 0.0438. The predicted molar refractivity (Wildman–Crippen MR) is 95.0 cm³/mol. The van der Waals surface area contributed by atoms with Crippen LogP contribution in [0.2, 0.25) is 0 Å². The number of methoxy groups -OCH3 is 2. The Morgan fingerprint density at radius 1 is 1.08 bits per heavy atom. The average Bonchev–Trinajstić information content (AvgIpc) is 2.62. The fourth-order valence-corrected chi connectivity index (χ4v) is 3.24. The van der Waals surface area contributed by atoms with Crippen LogP contribution in [0, 0.1) is 0 Å². The summed E-state index contributed by atoms with van der Waals surface area (Å²) in [7, 11) is 3.19. The number of carbonyl (C=O) groups is 1. The molecule has 126 valence electrons. The normalized spacial score (nSPS) is 19.8. The zero-order valence-corrected chi connectivity index (χ0v) is 15.1. The fraction of sp³-hybridized carbons (Fsp3) is 0.278. The molecular weight excluding hydrogens is 372 g/mol. The van der Waals surface area contributed by atoms with Crippen LogP contribution < -0.4 is 15.2 Å². The first kappa shape index (κ1) is 16.8. The number of amides is 1. The van der Waals surface area contributed by atoms with Gasteiger partial charge in [0.2, 0.25) is 5.91 Å². The first-order chi connectivity index (χ1) is 11.5. The SMILES string of the molecule is COc1ccc(CN2C(=O)[C@@H](N)[C@@H]2c2ccc(Br)cc2)cc1OC. The summed E-state index contributed by atoms with van der Waals surface area (Å²) in [5.41, 5.74) is 8.04. The molecule has 1 aliphatic heterocycles. The summed E-state index contributed by atoms with van der Waals surface area (Å²) in [5.74, 6) is 1.27. The van der Waals surface area contributed by atoms with Gasteiger partial charge >= 0.3 is 0 Å². The second kappa shape index (κ2) is 6.83. The summed E-state index contributed by atoms with van der Waals surface area (Å²) >= 11 is 3.42. The Labute approximate surface area is 149 Å². The highest BCUT2D eigenvalue weighted by molar-refractivity contribution is 9.10. The van der Waals surface area contributed by atoms with Gasteiger partial charge in [-0.05, 0) is 35.4 Å². The highest BCUT2D eigenvalue weighted by Gasteiger charge is 2.45. The zero-order valence-electron chi connectivity index (χ0n) is 13.5. The molecule has 1 amide bonds. The largest absolute Gasteiger partial charge is 0.493 e. The number of nitrogens with zero attached hydrogens (tertiary/aromatic N) is 1. The lowest BCUT2D eigenvalue weighted by Crippen LogP contribution is -2.62. The molecule has 0 aliphatic carbocycles. The van der Waals surface area contributed by atoms with E-state index in [1.807, 2.05) is 42.5 Å². The Bertz CT molecular complexity index is 748. The minimum atomic E-state index is -0.494. The van der Waals surface area contributed by atoms with Crippen molar-refractivity contribution in [1.29, 1.82) is 0 Å². The monoisotopic (exact) mass is 390 g/mol. The molecule has 0 saturated carbocycles. The molecule has 2 aromatic carbocycles. The molecule has 0 unspecified atom stereocenters. The van der Waals surface area contributed by atoms with Crippen LogP contribution in [0.15, 0.2) is 46.9 Å². The number of hydrogen-bond acceptors (Lipinski definition) is 4. The maximum atomic E-state index is 12.2. The number of carbonyl (C=O) groups excluding carboxylic acids is 1. The van der Waals surface area contributed by atoms with Crippen molar-refractivity contribution in [3.8, 4) is 11.5 Å². The average molecular weight is 391 g/mol. The summed E-state index contributed by atoms with van der Waals surface area (Å²) in [6.07, 6.45) is 0. The summed E-state index contributed by atoms with van der Waals surface area (Å²) in [4.78, 5) is 14.0. The van der Waals surface area contributed by atoms with E-state index < -0.39 is 6.04 Å². The fourth-order valence-electron chi connectivity index (χ4n) is 2.97. The van der Waals surface area contributed by atoms with Crippen LogP contribution in [0.25, 0.3) is 0 Å². The van der Waals surface area contributed by atoms with Gasteiger partial charge in [0.1, 0.15) is 6.04 Å². The molecule has 6 heteroatoms. The molecule has 3 rings (SSSR count). The van der Waals surface area contributed by atoms with E-state index in [4.69, 9.17) is 15.2 Å². The number of hydrogen-bond donors (Lipinski definition) is 1. The van der Waals surface area contributed by atoms with Gasteiger partial charge in [0.25, 0.3) is 0 Å². The maximum absolute atomic E-state index is 12.2. The topological polar surface area (TPSA) is 64.8 Å². The number of ether oxygens (including phenoxy) is 2. The van der Waals surface area contributed by atoms with Crippen molar-refractivity contribution in [3.05, 3.63) is 58.1 Å². The van der Waals surface area contributed by atoms with Gasteiger partial charge in [0.05, 0.1) is 20.3 Å². The zero-order chi connectivity index (χ0) is 17.3. The Morgan fingerprint density at radius 3 is 2.38 bits per heavy atom. The Morgan fingerprint density at radius 2 is 1.75 bits per heavy atom. The third kappa shape index (κ3) is 2.99. The smallest absolute Gasteiger partial charge is 0.242 e. The van der Waals surface area contributed by atoms with Gasteiger partial charge < -0.3 is 20.1 Å². The predicted octanol–water partition coefficient (Wildman–Crippen LogP) is 2.88. The molecular formula is C18H19BrN2O3. The lowest BCUT2D eigenvalue weighted by Gasteiger charge is -2.45. The molecule has 1 heterocycles.